The van der Waals surface area contributed by atoms with Crippen LogP contribution in [0.1, 0.15) is 71.6 Å². The fourth-order valence-corrected chi connectivity index (χ4v) is 7.43. The van der Waals surface area contributed by atoms with Crippen molar-refractivity contribution in [2.75, 3.05) is 6.61 Å². The van der Waals surface area contributed by atoms with Gasteiger partial charge < -0.3 is 26.1 Å². The fraction of sp³-hybridized carbons (Fsp3) is 0.760. The van der Waals surface area contributed by atoms with E-state index in [0.29, 0.717) is 17.8 Å². The Morgan fingerprint density at radius 1 is 1.18 bits per heavy atom. The van der Waals surface area contributed by atoms with Crippen LogP contribution in [0.5, 0.6) is 0 Å². The maximum absolute atomic E-state index is 12.0. The van der Waals surface area contributed by atoms with E-state index in [1.165, 1.54) is 5.57 Å². The number of fused-ring (bicyclic) bond motifs is 5. The number of nitrogens with one attached hydrogen (secondary N) is 1. The second kappa shape index (κ2) is 9.32. The van der Waals surface area contributed by atoms with Crippen molar-refractivity contribution in [2.24, 2.45) is 39.5 Å². The lowest BCUT2D eigenvalue weighted by atomic mass is 9.47. The number of hydrogen-bond donors (Lipinski definition) is 4. The molecule has 4 aliphatic rings. The summed E-state index contributed by atoms with van der Waals surface area (Å²) in [6, 6.07) is -1.38. The van der Waals surface area contributed by atoms with Crippen molar-refractivity contribution in [3.05, 3.63) is 11.6 Å². The maximum Gasteiger partial charge on any atom is 0.326 e. The molecule has 9 nitrogen and oxygen atoms in total. The lowest BCUT2D eigenvalue weighted by Crippen LogP contribution is -2.51. The van der Waals surface area contributed by atoms with Gasteiger partial charge in [0.2, 0.25) is 5.91 Å². The van der Waals surface area contributed by atoms with Crippen LogP contribution in [-0.4, -0.2) is 52.5 Å². The molecular weight excluding hydrogens is 438 g/mol. The molecule has 0 heterocycles. The smallest absolute Gasteiger partial charge is 0.326 e. The lowest BCUT2D eigenvalue weighted by Gasteiger charge is -2.57. The molecule has 5 N–H and O–H groups in total. The highest BCUT2D eigenvalue weighted by molar-refractivity contribution is 5.96. The lowest BCUT2D eigenvalue weighted by molar-refractivity contribution is -0.144. The Labute approximate surface area is 200 Å². The Morgan fingerprint density at radius 3 is 2.65 bits per heavy atom. The first kappa shape index (κ1) is 24.7. The molecule has 188 valence electrons. The minimum atomic E-state index is -1.38. The number of amides is 2. The predicted molar refractivity (Wildman–Crippen MR) is 124 cm³/mol. The molecule has 2 amide bonds. The number of aliphatic hydroxyl groups is 1. The van der Waals surface area contributed by atoms with E-state index in [9.17, 15) is 19.5 Å². The molecule has 34 heavy (non-hydrogen) atoms. The van der Waals surface area contributed by atoms with Gasteiger partial charge in [0.15, 0.2) is 6.61 Å². The zero-order valence-corrected chi connectivity index (χ0v) is 20.1. The SMILES string of the molecule is C[C@]12CC[C@H]3[C@H](CCC4=C/C(=N\OCC(=O)N[C@@H](CC(N)=O)C(=O)O)CC[C@@]43C)[C@@H]1CC[C@@H]2O. The van der Waals surface area contributed by atoms with Crippen molar-refractivity contribution in [3.63, 3.8) is 0 Å². The Balaban J connectivity index is 1.37. The summed E-state index contributed by atoms with van der Waals surface area (Å²) in [6.45, 7) is 4.25. The number of carboxylic acid groups (broad SMARTS) is 1. The number of carbonyl (C=O) groups is 3. The number of hydrogen-bond acceptors (Lipinski definition) is 6. The largest absolute Gasteiger partial charge is 0.480 e. The number of rotatable bonds is 7. The monoisotopic (exact) mass is 475 g/mol. The van der Waals surface area contributed by atoms with E-state index in [1.54, 1.807) is 0 Å². The molecule has 0 radical (unpaired) electrons. The molecule has 0 spiro atoms. The Bertz CT molecular complexity index is 916. The molecule has 0 aliphatic heterocycles. The minimum Gasteiger partial charge on any atom is -0.480 e. The molecule has 3 saturated carbocycles. The van der Waals surface area contributed by atoms with Crippen molar-refractivity contribution < 1.29 is 29.4 Å². The number of aliphatic carboxylic acids is 1. The molecule has 0 unspecified atom stereocenters. The number of aliphatic hydroxyl groups excluding tert-OH is 1. The van der Waals surface area contributed by atoms with E-state index in [1.807, 2.05) is 0 Å². The van der Waals surface area contributed by atoms with Crippen molar-refractivity contribution in [3.8, 4) is 0 Å². The van der Waals surface area contributed by atoms with Gasteiger partial charge in [0.05, 0.1) is 18.2 Å². The van der Waals surface area contributed by atoms with Gasteiger partial charge in [-0.2, -0.15) is 0 Å². The van der Waals surface area contributed by atoms with Gasteiger partial charge in [-0.1, -0.05) is 24.6 Å². The van der Waals surface area contributed by atoms with Crippen LogP contribution in [0.15, 0.2) is 16.8 Å². The van der Waals surface area contributed by atoms with Gasteiger partial charge in [-0.15, -0.1) is 0 Å². The quantitative estimate of drug-likeness (QED) is 0.414. The number of nitrogens with two attached hydrogens (primary N) is 1. The molecule has 3 fully saturated rings. The van der Waals surface area contributed by atoms with E-state index in [2.05, 4.69) is 30.4 Å². The second-order valence-corrected chi connectivity index (χ2v) is 11.1. The normalized spacial score (nSPS) is 38.7. The third-order valence-electron chi connectivity index (χ3n) is 9.34. The van der Waals surface area contributed by atoms with Crippen LogP contribution in [0.2, 0.25) is 0 Å². The standard InChI is InChI=1S/C25H37N3O6/c1-24-9-7-15(28-34-13-22(31)27-19(23(32)33)12-21(26)30)11-14(24)3-4-16-17-5-6-20(29)25(17,2)10-8-18(16)24/h11,16-20,29H,3-10,12-13H2,1-2H3,(H2,26,30)(H,27,31)(H,32,33)/b28-15-/t16-,17+,18+,19+,20+,24+,25+/m1/s1. The van der Waals surface area contributed by atoms with Crippen molar-refractivity contribution >= 4 is 23.5 Å². The average molecular weight is 476 g/mol. The minimum absolute atomic E-state index is 0.0749. The van der Waals surface area contributed by atoms with E-state index in [-0.39, 0.29) is 16.9 Å². The van der Waals surface area contributed by atoms with E-state index in [4.69, 9.17) is 15.7 Å². The average Bonchev–Trinajstić information content (AvgIpc) is 3.07. The molecule has 4 rings (SSSR count). The molecule has 4 aliphatic carbocycles. The van der Waals surface area contributed by atoms with Gasteiger partial charge in [0.1, 0.15) is 6.04 Å². The Hall–Kier alpha value is -2.42. The Morgan fingerprint density at radius 2 is 1.94 bits per heavy atom. The van der Waals surface area contributed by atoms with E-state index in [0.717, 1.165) is 57.1 Å². The molecule has 9 heteroatoms. The fourth-order valence-electron chi connectivity index (χ4n) is 7.43. The second-order valence-electron chi connectivity index (χ2n) is 11.1. The number of carbonyl (C=O) groups excluding carboxylic acids is 2. The van der Waals surface area contributed by atoms with Crippen molar-refractivity contribution in [1.29, 1.82) is 0 Å². The predicted octanol–water partition coefficient (Wildman–Crippen LogP) is 2.13. The summed E-state index contributed by atoms with van der Waals surface area (Å²) < 4.78 is 0. The van der Waals surface area contributed by atoms with Crippen LogP contribution >= 0.6 is 0 Å². The van der Waals surface area contributed by atoms with Crippen LogP contribution < -0.4 is 11.1 Å². The van der Waals surface area contributed by atoms with E-state index < -0.39 is 36.9 Å². The van der Waals surface area contributed by atoms with Crippen LogP contribution in [0, 0.1) is 28.6 Å². The molecule has 7 atom stereocenters. The molecule has 0 aromatic rings. The zero-order valence-electron chi connectivity index (χ0n) is 20.1. The first-order valence-electron chi connectivity index (χ1n) is 12.4. The van der Waals surface area contributed by atoms with Crippen LogP contribution in [0.25, 0.3) is 0 Å². The highest BCUT2D eigenvalue weighted by Gasteiger charge is 2.58. The topological polar surface area (TPSA) is 151 Å². The van der Waals surface area contributed by atoms with Crippen LogP contribution in [0.4, 0.5) is 0 Å². The molecule has 0 bridgehead atoms. The number of nitrogens with zero attached hydrogens (tertiary/aromatic N) is 1. The number of primary amides is 1. The molecule has 0 saturated heterocycles. The summed E-state index contributed by atoms with van der Waals surface area (Å²) in [6.07, 6.45) is 9.71. The Kier molecular flexibility index (Phi) is 6.77. The van der Waals surface area contributed by atoms with Gasteiger partial charge in [-0.3, -0.25) is 9.59 Å². The van der Waals surface area contributed by atoms with Crippen molar-refractivity contribution in [2.45, 2.75) is 83.8 Å². The summed E-state index contributed by atoms with van der Waals surface area (Å²) in [5.41, 5.74) is 7.43. The van der Waals surface area contributed by atoms with Gasteiger partial charge in [0, 0.05) is 0 Å². The first-order valence-corrected chi connectivity index (χ1v) is 12.4. The molecular formula is C25H37N3O6. The highest BCUT2D eigenvalue weighted by atomic mass is 16.6. The van der Waals surface area contributed by atoms with Gasteiger partial charge in [0.25, 0.3) is 5.91 Å². The number of oxime groups is 1. The van der Waals surface area contributed by atoms with Crippen LogP contribution in [-0.2, 0) is 19.2 Å². The zero-order chi connectivity index (χ0) is 24.7. The molecule has 0 aromatic carbocycles. The summed E-state index contributed by atoms with van der Waals surface area (Å²) in [7, 11) is 0. The highest BCUT2D eigenvalue weighted by Crippen LogP contribution is 2.65. The van der Waals surface area contributed by atoms with Gasteiger partial charge >= 0.3 is 5.97 Å². The van der Waals surface area contributed by atoms with Crippen LogP contribution in [0.3, 0.4) is 0 Å². The number of allylic oxidation sites excluding steroid dienone is 2. The van der Waals surface area contributed by atoms with Gasteiger partial charge in [-0.05, 0) is 86.0 Å². The third kappa shape index (κ3) is 4.46. The summed E-state index contributed by atoms with van der Waals surface area (Å²) >= 11 is 0. The molecule has 0 aromatic heterocycles. The summed E-state index contributed by atoms with van der Waals surface area (Å²) in [5, 5.41) is 26.1. The van der Waals surface area contributed by atoms with Gasteiger partial charge in [-0.25, -0.2) is 4.79 Å². The summed E-state index contributed by atoms with van der Waals surface area (Å²) in [5.74, 6) is -0.911. The first-order chi connectivity index (χ1) is 16.0. The third-order valence-corrected chi connectivity index (χ3v) is 9.34. The van der Waals surface area contributed by atoms with Crippen molar-refractivity contribution in [1.82, 2.24) is 5.32 Å². The maximum atomic E-state index is 12.0. The van der Waals surface area contributed by atoms with E-state index >= 15 is 0 Å². The number of carboxylic acids is 1. The summed E-state index contributed by atoms with van der Waals surface area (Å²) in [4.78, 5) is 39.3.